The van der Waals surface area contributed by atoms with Gasteiger partial charge in [-0.1, -0.05) is 5.92 Å². The van der Waals surface area contributed by atoms with Crippen molar-refractivity contribution in [3.8, 4) is 18.1 Å². The van der Waals surface area contributed by atoms with E-state index in [2.05, 4.69) is 31.9 Å². The standard InChI is InChI=1S/C12H12BrNO3/c1-3-7-17-12(15)14-9-5-6-11(16-4-2)10(13)8-9/h1,5-6,8H,4,7H2,2H3,(H,14,15). The van der Waals surface area contributed by atoms with Crippen LogP contribution < -0.4 is 10.1 Å². The lowest BCUT2D eigenvalue weighted by atomic mass is 10.3. The smallest absolute Gasteiger partial charge is 0.412 e. The lowest BCUT2D eigenvalue weighted by molar-refractivity contribution is 0.176. The summed E-state index contributed by atoms with van der Waals surface area (Å²) in [5.41, 5.74) is 0.599. The molecular weight excluding hydrogens is 286 g/mol. The molecule has 90 valence electrons. The van der Waals surface area contributed by atoms with Gasteiger partial charge in [-0.05, 0) is 41.1 Å². The van der Waals surface area contributed by atoms with E-state index in [-0.39, 0.29) is 6.61 Å². The molecule has 1 aromatic carbocycles. The molecule has 17 heavy (non-hydrogen) atoms. The number of anilines is 1. The van der Waals surface area contributed by atoms with Crippen LogP contribution in [0.5, 0.6) is 5.75 Å². The van der Waals surface area contributed by atoms with Crippen LogP contribution in [-0.4, -0.2) is 19.3 Å². The zero-order valence-electron chi connectivity index (χ0n) is 9.33. The maximum absolute atomic E-state index is 11.2. The van der Waals surface area contributed by atoms with Gasteiger partial charge in [-0.2, -0.15) is 0 Å². The minimum Gasteiger partial charge on any atom is -0.493 e. The van der Waals surface area contributed by atoms with Crippen LogP contribution in [0.2, 0.25) is 0 Å². The van der Waals surface area contributed by atoms with Gasteiger partial charge in [0, 0.05) is 5.69 Å². The number of ether oxygens (including phenoxy) is 2. The number of amides is 1. The average molecular weight is 298 g/mol. The number of benzene rings is 1. The Morgan fingerprint density at radius 3 is 2.94 bits per heavy atom. The van der Waals surface area contributed by atoms with Gasteiger partial charge in [0.1, 0.15) is 5.75 Å². The predicted molar refractivity (Wildman–Crippen MR) is 69.1 cm³/mol. The molecule has 0 bridgehead atoms. The third-order valence-electron chi connectivity index (χ3n) is 1.76. The number of carbonyl (C=O) groups excluding carboxylic acids is 1. The van der Waals surface area contributed by atoms with Crippen molar-refractivity contribution in [3.05, 3.63) is 22.7 Å². The fourth-order valence-corrected chi connectivity index (χ4v) is 1.61. The highest BCUT2D eigenvalue weighted by Gasteiger charge is 2.05. The van der Waals surface area contributed by atoms with E-state index in [1.165, 1.54) is 0 Å². The molecule has 1 rings (SSSR count). The second-order valence-corrected chi connectivity index (χ2v) is 3.84. The zero-order valence-corrected chi connectivity index (χ0v) is 10.9. The second kappa shape index (κ2) is 6.81. The fourth-order valence-electron chi connectivity index (χ4n) is 1.11. The van der Waals surface area contributed by atoms with Gasteiger partial charge in [0.05, 0.1) is 11.1 Å². The molecule has 1 amide bonds. The highest BCUT2D eigenvalue weighted by Crippen LogP contribution is 2.28. The lowest BCUT2D eigenvalue weighted by Gasteiger charge is -2.08. The summed E-state index contributed by atoms with van der Waals surface area (Å²) in [6.07, 6.45) is 4.38. The van der Waals surface area contributed by atoms with E-state index in [4.69, 9.17) is 11.2 Å². The summed E-state index contributed by atoms with van der Waals surface area (Å²) >= 11 is 3.34. The first-order chi connectivity index (χ1) is 8.17. The van der Waals surface area contributed by atoms with Crippen molar-refractivity contribution in [2.75, 3.05) is 18.5 Å². The zero-order chi connectivity index (χ0) is 12.7. The highest BCUT2D eigenvalue weighted by molar-refractivity contribution is 9.10. The van der Waals surface area contributed by atoms with E-state index >= 15 is 0 Å². The quantitative estimate of drug-likeness (QED) is 0.869. The van der Waals surface area contributed by atoms with Crippen LogP contribution in [0.3, 0.4) is 0 Å². The Morgan fingerprint density at radius 1 is 1.59 bits per heavy atom. The number of carbonyl (C=O) groups is 1. The normalized spacial score (nSPS) is 9.24. The van der Waals surface area contributed by atoms with Crippen molar-refractivity contribution in [1.82, 2.24) is 0 Å². The number of nitrogens with one attached hydrogen (secondary N) is 1. The molecule has 0 unspecified atom stereocenters. The molecule has 0 aliphatic heterocycles. The van der Waals surface area contributed by atoms with E-state index in [1.54, 1.807) is 18.2 Å². The van der Waals surface area contributed by atoms with Gasteiger partial charge in [-0.25, -0.2) is 4.79 Å². The number of halogens is 1. The monoisotopic (exact) mass is 297 g/mol. The summed E-state index contributed by atoms with van der Waals surface area (Å²) in [6.45, 7) is 2.43. The Bertz CT molecular complexity index is 440. The van der Waals surface area contributed by atoms with E-state index in [1.807, 2.05) is 6.92 Å². The Balaban J connectivity index is 2.64. The van der Waals surface area contributed by atoms with Crippen molar-refractivity contribution in [2.24, 2.45) is 0 Å². The second-order valence-electron chi connectivity index (χ2n) is 2.98. The van der Waals surface area contributed by atoms with Gasteiger partial charge >= 0.3 is 6.09 Å². The summed E-state index contributed by atoms with van der Waals surface area (Å²) in [7, 11) is 0. The summed E-state index contributed by atoms with van der Waals surface area (Å²) < 4.78 is 10.8. The van der Waals surface area contributed by atoms with Crippen LogP contribution in [0, 0.1) is 12.3 Å². The van der Waals surface area contributed by atoms with Gasteiger partial charge in [0.15, 0.2) is 6.61 Å². The first-order valence-corrected chi connectivity index (χ1v) is 5.76. The van der Waals surface area contributed by atoms with Crippen LogP contribution in [0.25, 0.3) is 0 Å². The molecule has 0 saturated heterocycles. The molecule has 0 atom stereocenters. The van der Waals surface area contributed by atoms with Crippen LogP contribution in [0.4, 0.5) is 10.5 Å². The molecular formula is C12H12BrNO3. The molecule has 0 spiro atoms. The van der Waals surface area contributed by atoms with Crippen LogP contribution in [0.1, 0.15) is 6.92 Å². The largest absolute Gasteiger partial charge is 0.493 e. The summed E-state index contributed by atoms with van der Waals surface area (Å²) in [5, 5.41) is 2.54. The van der Waals surface area contributed by atoms with Crippen LogP contribution in [0.15, 0.2) is 22.7 Å². The highest BCUT2D eigenvalue weighted by atomic mass is 79.9. The minimum absolute atomic E-state index is 0.0516. The summed E-state index contributed by atoms with van der Waals surface area (Å²) in [5.74, 6) is 2.93. The van der Waals surface area contributed by atoms with Gasteiger partial charge < -0.3 is 9.47 Å². The SMILES string of the molecule is C#CCOC(=O)Nc1ccc(OCC)c(Br)c1. The first kappa shape index (κ1) is 13.4. The molecule has 0 saturated carbocycles. The third kappa shape index (κ3) is 4.37. The Morgan fingerprint density at radius 2 is 2.35 bits per heavy atom. The van der Waals surface area contributed by atoms with Gasteiger partial charge in [-0.3, -0.25) is 5.32 Å². The Labute approximate surface area is 108 Å². The Hall–Kier alpha value is -1.67. The number of hydrogen-bond donors (Lipinski definition) is 1. The van der Waals surface area contributed by atoms with Crippen molar-refractivity contribution >= 4 is 27.7 Å². The van der Waals surface area contributed by atoms with E-state index < -0.39 is 6.09 Å². The molecule has 4 nitrogen and oxygen atoms in total. The van der Waals surface area contributed by atoms with Crippen molar-refractivity contribution in [2.45, 2.75) is 6.92 Å². The maximum atomic E-state index is 11.2. The number of hydrogen-bond acceptors (Lipinski definition) is 3. The van der Waals surface area contributed by atoms with Crippen molar-refractivity contribution in [1.29, 1.82) is 0 Å². The molecule has 5 heteroatoms. The van der Waals surface area contributed by atoms with Gasteiger partial charge in [-0.15, -0.1) is 6.42 Å². The molecule has 1 aromatic rings. The molecule has 1 N–H and O–H groups in total. The lowest BCUT2D eigenvalue weighted by Crippen LogP contribution is -2.13. The van der Waals surface area contributed by atoms with Gasteiger partial charge in [0.25, 0.3) is 0 Å². The fraction of sp³-hybridized carbons (Fsp3) is 0.250. The number of terminal acetylenes is 1. The molecule has 0 radical (unpaired) electrons. The molecule has 0 aliphatic carbocycles. The predicted octanol–water partition coefficient (Wildman–Crippen LogP) is 3.03. The van der Waals surface area contributed by atoms with Gasteiger partial charge in [0.2, 0.25) is 0 Å². The first-order valence-electron chi connectivity index (χ1n) is 4.97. The average Bonchev–Trinajstić information content (AvgIpc) is 2.30. The minimum atomic E-state index is -0.584. The molecule has 0 heterocycles. The van der Waals surface area contributed by atoms with E-state index in [0.29, 0.717) is 12.3 Å². The van der Waals surface area contributed by atoms with Crippen molar-refractivity contribution in [3.63, 3.8) is 0 Å². The van der Waals surface area contributed by atoms with Crippen LogP contribution in [-0.2, 0) is 4.74 Å². The summed E-state index contributed by atoms with van der Waals surface area (Å²) in [4.78, 5) is 11.2. The molecule has 0 fully saturated rings. The third-order valence-corrected chi connectivity index (χ3v) is 2.38. The number of rotatable bonds is 4. The summed E-state index contributed by atoms with van der Waals surface area (Å²) in [6, 6.07) is 5.19. The van der Waals surface area contributed by atoms with E-state index in [0.717, 1.165) is 10.2 Å². The van der Waals surface area contributed by atoms with Crippen molar-refractivity contribution < 1.29 is 14.3 Å². The molecule has 0 aromatic heterocycles. The Kier molecular flexibility index (Phi) is 5.37. The van der Waals surface area contributed by atoms with E-state index in [9.17, 15) is 4.79 Å². The topological polar surface area (TPSA) is 47.6 Å². The van der Waals surface area contributed by atoms with Crippen LogP contribution >= 0.6 is 15.9 Å². The maximum Gasteiger partial charge on any atom is 0.412 e. The molecule has 0 aliphatic rings.